The van der Waals surface area contributed by atoms with Crippen molar-refractivity contribution in [1.82, 2.24) is 15.1 Å². The lowest BCUT2D eigenvalue weighted by atomic mass is 9.93. The molecule has 1 aromatic rings. The van der Waals surface area contributed by atoms with Gasteiger partial charge in [-0.15, -0.1) is 0 Å². The molecule has 0 bridgehead atoms. The number of nitrogens with zero attached hydrogens (tertiary/aromatic N) is 2. The Bertz CT molecular complexity index is 367. The van der Waals surface area contributed by atoms with E-state index in [-0.39, 0.29) is 5.69 Å². The molecule has 2 rings (SSSR count). The van der Waals surface area contributed by atoms with E-state index in [2.05, 4.69) is 22.0 Å². The van der Waals surface area contributed by atoms with Gasteiger partial charge in [0.05, 0.1) is 0 Å². The van der Waals surface area contributed by atoms with Crippen molar-refractivity contribution in [3.63, 3.8) is 0 Å². The van der Waals surface area contributed by atoms with Crippen molar-refractivity contribution in [3.05, 3.63) is 17.5 Å². The maximum Gasteiger partial charge on any atom is 0.356 e. The molecule has 1 saturated heterocycles. The van der Waals surface area contributed by atoms with Gasteiger partial charge in [0.2, 0.25) is 0 Å². The Labute approximate surface area is 94.5 Å². The van der Waals surface area contributed by atoms with E-state index in [0.717, 1.165) is 38.2 Å². The minimum absolute atomic E-state index is 0.118. The van der Waals surface area contributed by atoms with Crippen molar-refractivity contribution in [2.45, 2.75) is 25.7 Å². The standard InChI is InChI=1S/C11H17N3O2/c1-2-14-5-3-8(4-6-14)9-7-10(11(15)16)13-12-9/h7-8H,2-6H2,1H3,(H,12,13)(H,15,16). The summed E-state index contributed by atoms with van der Waals surface area (Å²) in [5.41, 5.74) is 1.08. The lowest BCUT2D eigenvalue weighted by Crippen LogP contribution is -2.32. The molecule has 0 spiro atoms. The zero-order valence-electron chi connectivity index (χ0n) is 9.44. The Morgan fingerprint density at radius 3 is 2.81 bits per heavy atom. The topological polar surface area (TPSA) is 69.2 Å². The highest BCUT2D eigenvalue weighted by molar-refractivity contribution is 5.85. The van der Waals surface area contributed by atoms with E-state index in [4.69, 9.17) is 5.11 Å². The Hall–Kier alpha value is -1.36. The summed E-state index contributed by atoms with van der Waals surface area (Å²) in [6.45, 7) is 5.43. The zero-order valence-corrected chi connectivity index (χ0v) is 9.44. The fourth-order valence-corrected chi connectivity index (χ4v) is 2.22. The Kier molecular flexibility index (Phi) is 3.24. The zero-order chi connectivity index (χ0) is 11.5. The Morgan fingerprint density at radius 2 is 2.31 bits per heavy atom. The van der Waals surface area contributed by atoms with E-state index in [1.807, 2.05) is 0 Å². The summed E-state index contributed by atoms with van der Waals surface area (Å²) in [6.07, 6.45) is 2.16. The van der Waals surface area contributed by atoms with Gasteiger partial charge in [0.25, 0.3) is 0 Å². The number of aromatic carboxylic acids is 1. The van der Waals surface area contributed by atoms with Gasteiger partial charge in [-0.25, -0.2) is 4.79 Å². The van der Waals surface area contributed by atoms with Crippen LogP contribution in [0.5, 0.6) is 0 Å². The fourth-order valence-electron chi connectivity index (χ4n) is 2.22. The van der Waals surface area contributed by atoms with Crippen LogP contribution in [0.15, 0.2) is 6.07 Å². The normalized spacial score (nSPS) is 18.8. The molecular weight excluding hydrogens is 206 g/mol. The predicted molar refractivity (Wildman–Crippen MR) is 59.6 cm³/mol. The molecule has 5 heteroatoms. The molecular formula is C11H17N3O2. The van der Waals surface area contributed by atoms with Crippen molar-refractivity contribution >= 4 is 5.97 Å². The van der Waals surface area contributed by atoms with E-state index in [0.29, 0.717) is 5.92 Å². The summed E-state index contributed by atoms with van der Waals surface area (Å²) >= 11 is 0. The van der Waals surface area contributed by atoms with Crippen LogP contribution in [0.3, 0.4) is 0 Å². The maximum atomic E-state index is 10.7. The number of carbonyl (C=O) groups is 1. The largest absolute Gasteiger partial charge is 0.476 e. The van der Waals surface area contributed by atoms with Crippen molar-refractivity contribution in [1.29, 1.82) is 0 Å². The van der Waals surface area contributed by atoms with Gasteiger partial charge in [0.1, 0.15) is 0 Å². The number of aromatic amines is 1. The fraction of sp³-hybridized carbons (Fsp3) is 0.636. The molecule has 1 aliphatic rings. The summed E-state index contributed by atoms with van der Waals surface area (Å²) in [5.74, 6) is -0.531. The molecule has 2 N–H and O–H groups in total. The predicted octanol–water partition coefficient (Wildman–Crippen LogP) is 1.31. The van der Waals surface area contributed by atoms with Crippen LogP contribution < -0.4 is 0 Å². The lowest BCUT2D eigenvalue weighted by molar-refractivity contribution is 0.0690. The molecule has 5 nitrogen and oxygen atoms in total. The second-order valence-electron chi connectivity index (χ2n) is 4.22. The van der Waals surface area contributed by atoms with Crippen LogP contribution in [0.2, 0.25) is 0 Å². The first-order chi connectivity index (χ1) is 7.70. The number of piperidine rings is 1. The quantitative estimate of drug-likeness (QED) is 0.810. The number of carboxylic acid groups (broad SMARTS) is 1. The van der Waals surface area contributed by atoms with Gasteiger partial charge < -0.3 is 10.0 Å². The van der Waals surface area contributed by atoms with Crippen LogP contribution in [0, 0.1) is 0 Å². The van der Waals surface area contributed by atoms with E-state index < -0.39 is 5.97 Å². The summed E-state index contributed by atoms with van der Waals surface area (Å²) < 4.78 is 0. The molecule has 0 radical (unpaired) electrons. The number of aromatic nitrogens is 2. The van der Waals surface area contributed by atoms with Gasteiger partial charge in [0.15, 0.2) is 5.69 Å². The van der Waals surface area contributed by atoms with Gasteiger partial charge in [0, 0.05) is 11.6 Å². The van der Waals surface area contributed by atoms with Gasteiger partial charge in [-0.3, -0.25) is 5.10 Å². The van der Waals surface area contributed by atoms with Crippen LogP contribution in [0.25, 0.3) is 0 Å². The van der Waals surface area contributed by atoms with Crippen molar-refractivity contribution < 1.29 is 9.90 Å². The third-order valence-electron chi connectivity index (χ3n) is 3.29. The smallest absolute Gasteiger partial charge is 0.356 e. The molecule has 1 aliphatic heterocycles. The molecule has 16 heavy (non-hydrogen) atoms. The first kappa shape index (κ1) is 11.1. The number of H-pyrrole nitrogens is 1. The van der Waals surface area contributed by atoms with Gasteiger partial charge in [-0.2, -0.15) is 5.10 Å². The summed E-state index contributed by atoms with van der Waals surface area (Å²) in [4.78, 5) is 13.1. The molecule has 0 amide bonds. The first-order valence-corrected chi connectivity index (χ1v) is 5.71. The van der Waals surface area contributed by atoms with E-state index >= 15 is 0 Å². The van der Waals surface area contributed by atoms with Gasteiger partial charge >= 0.3 is 5.97 Å². The highest BCUT2D eigenvalue weighted by atomic mass is 16.4. The second-order valence-corrected chi connectivity index (χ2v) is 4.22. The molecule has 0 aliphatic carbocycles. The van der Waals surface area contributed by atoms with Gasteiger partial charge in [-0.05, 0) is 38.5 Å². The van der Waals surface area contributed by atoms with E-state index in [1.165, 1.54) is 0 Å². The molecule has 1 fully saturated rings. The Balaban J connectivity index is 2.00. The van der Waals surface area contributed by atoms with Crippen LogP contribution in [0.1, 0.15) is 41.9 Å². The molecule has 1 aromatic heterocycles. The van der Waals surface area contributed by atoms with Crippen LogP contribution in [0.4, 0.5) is 0 Å². The third kappa shape index (κ3) is 2.24. The first-order valence-electron chi connectivity index (χ1n) is 5.71. The highest BCUT2D eigenvalue weighted by Gasteiger charge is 2.22. The highest BCUT2D eigenvalue weighted by Crippen LogP contribution is 2.26. The SMILES string of the molecule is CCN1CCC(c2cc(C(=O)O)n[nH]2)CC1. The van der Waals surface area contributed by atoms with E-state index in [9.17, 15) is 4.79 Å². The van der Waals surface area contributed by atoms with Crippen molar-refractivity contribution in [3.8, 4) is 0 Å². The summed E-state index contributed by atoms with van der Waals surface area (Å²) in [6, 6.07) is 1.66. The number of hydrogen-bond acceptors (Lipinski definition) is 3. The molecule has 0 aromatic carbocycles. The molecule has 0 saturated carbocycles. The van der Waals surface area contributed by atoms with E-state index in [1.54, 1.807) is 6.07 Å². The maximum absolute atomic E-state index is 10.7. The number of carboxylic acids is 1. The molecule has 0 atom stereocenters. The van der Waals surface area contributed by atoms with Crippen LogP contribution >= 0.6 is 0 Å². The number of nitrogens with one attached hydrogen (secondary N) is 1. The molecule has 0 unspecified atom stereocenters. The lowest BCUT2D eigenvalue weighted by Gasteiger charge is -2.30. The minimum atomic E-state index is -0.964. The average Bonchev–Trinajstić information content (AvgIpc) is 2.78. The van der Waals surface area contributed by atoms with Crippen molar-refractivity contribution in [2.75, 3.05) is 19.6 Å². The van der Waals surface area contributed by atoms with Crippen LogP contribution in [-0.2, 0) is 0 Å². The summed E-state index contributed by atoms with van der Waals surface area (Å²) in [5, 5.41) is 15.4. The molecule has 88 valence electrons. The number of likely N-dealkylation sites (tertiary alicyclic amines) is 1. The second kappa shape index (κ2) is 4.65. The molecule has 2 heterocycles. The number of hydrogen-bond donors (Lipinski definition) is 2. The van der Waals surface area contributed by atoms with Crippen molar-refractivity contribution in [2.24, 2.45) is 0 Å². The van der Waals surface area contributed by atoms with Crippen LogP contribution in [-0.4, -0.2) is 45.8 Å². The summed E-state index contributed by atoms with van der Waals surface area (Å²) in [7, 11) is 0. The third-order valence-corrected chi connectivity index (χ3v) is 3.29. The number of rotatable bonds is 3. The average molecular weight is 223 g/mol. The minimum Gasteiger partial charge on any atom is -0.476 e. The Morgan fingerprint density at radius 1 is 1.62 bits per heavy atom. The monoisotopic (exact) mass is 223 g/mol. The van der Waals surface area contributed by atoms with Gasteiger partial charge in [-0.1, -0.05) is 6.92 Å².